The van der Waals surface area contributed by atoms with Crippen molar-refractivity contribution in [2.75, 3.05) is 6.61 Å². The number of benzene rings is 2. The van der Waals surface area contributed by atoms with Crippen molar-refractivity contribution in [2.45, 2.75) is 31.8 Å². The van der Waals surface area contributed by atoms with Gasteiger partial charge in [-0.25, -0.2) is 14.0 Å². The maximum atomic E-state index is 13.4. The summed E-state index contributed by atoms with van der Waals surface area (Å²) < 4.78 is 18.7. The largest absolute Gasteiger partial charge is 0.480 e. The lowest BCUT2D eigenvalue weighted by atomic mass is 10.0. The van der Waals surface area contributed by atoms with E-state index in [0.29, 0.717) is 11.3 Å². The zero-order valence-corrected chi connectivity index (χ0v) is 20.8. The Balaban J connectivity index is 1.62. The minimum absolute atomic E-state index is 0.0667. The second kappa shape index (κ2) is 11.0. The fourth-order valence-electron chi connectivity index (χ4n) is 3.88. The van der Waals surface area contributed by atoms with Crippen molar-refractivity contribution in [3.8, 4) is 0 Å². The van der Waals surface area contributed by atoms with Crippen LogP contribution in [0, 0.1) is 5.82 Å². The van der Waals surface area contributed by atoms with Crippen LogP contribution >= 0.6 is 24.0 Å². The number of hydrazone groups is 1. The number of ether oxygens (including phenoxy) is 1. The molecule has 1 saturated heterocycles. The molecule has 0 aliphatic carbocycles. The van der Waals surface area contributed by atoms with Crippen LogP contribution in [-0.2, 0) is 25.5 Å². The number of hydrogen-bond acceptors (Lipinski definition) is 8. The second-order valence-electron chi connectivity index (χ2n) is 7.99. The number of carboxylic acid groups (broad SMARTS) is 1. The number of thiocarbonyl (C=S) groups is 1. The lowest BCUT2D eigenvalue weighted by Gasteiger charge is -2.25. The quantitative estimate of drug-likeness (QED) is 0.316. The predicted octanol–water partition coefficient (Wildman–Crippen LogP) is 3.56. The maximum Gasteiger partial charge on any atom is 0.329 e. The summed E-state index contributed by atoms with van der Waals surface area (Å²) >= 11 is 6.40. The molecule has 2 aliphatic heterocycles. The smallest absolute Gasteiger partial charge is 0.329 e. The van der Waals surface area contributed by atoms with Crippen molar-refractivity contribution in [3.05, 3.63) is 82.6 Å². The molecule has 1 fully saturated rings. The molecule has 8 nitrogen and oxygen atoms in total. The van der Waals surface area contributed by atoms with Crippen LogP contribution in [0.1, 0.15) is 24.5 Å². The first-order valence-corrected chi connectivity index (χ1v) is 12.3. The monoisotopic (exact) mass is 527 g/mol. The lowest BCUT2D eigenvalue weighted by Crippen LogP contribution is -2.46. The highest BCUT2D eigenvalue weighted by Crippen LogP contribution is 2.35. The van der Waals surface area contributed by atoms with E-state index in [4.69, 9.17) is 17.0 Å². The van der Waals surface area contributed by atoms with E-state index in [0.717, 1.165) is 17.3 Å². The molecular weight excluding hydrogens is 505 g/mol. The first kappa shape index (κ1) is 25.5. The van der Waals surface area contributed by atoms with Crippen LogP contribution in [0.5, 0.6) is 0 Å². The Hall–Kier alpha value is -3.57. The summed E-state index contributed by atoms with van der Waals surface area (Å²) in [5, 5.41) is 15.3. The predicted molar refractivity (Wildman–Crippen MR) is 137 cm³/mol. The van der Waals surface area contributed by atoms with Crippen LogP contribution in [0.4, 0.5) is 4.39 Å². The summed E-state index contributed by atoms with van der Waals surface area (Å²) in [4.78, 5) is 39.4. The highest BCUT2D eigenvalue weighted by molar-refractivity contribution is 8.26. The van der Waals surface area contributed by atoms with Crippen LogP contribution in [0.25, 0.3) is 0 Å². The van der Waals surface area contributed by atoms with Crippen molar-refractivity contribution in [3.63, 3.8) is 0 Å². The Morgan fingerprint density at radius 1 is 1.25 bits per heavy atom. The molecule has 2 heterocycles. The molecule has 1 N–H and O–H groups in total. The van der Waals surface area contributed by atoms with Gasteiger partial charge in [-0.15, -0.1) is 0 Å². The van der Waals surface area contributed by atoms with Crippen LogP contribution < -0.4 is 0 Å². The van der Waals surface area contributed by atoms with Gasteiger partial charge in [-0.3, -0.25) is 14.7 Å². The van der Waals surface area contributed by atoms with Gasteiger partial charge in [0.1, 0.15) is 16.2 Å². The van der Waals surface area contributed by atoms with Gasteiger partial charge < -0.3 is 9.84 Å². The number of esters is 1. The zero-order chi connectivity index (χ0) is 25.8. The van der Waals surface area contributed by atoms with E-state index >= 15 is 0 Å². The molecule has 0 spiro atoms. The van der Waals surface area contributed by atoms with Gasteiger partial charge >= 0.3 is 11.9 Å². The number of carboxylic acids is 1. The van der Waals surface area contributed by atoms with Gasteiger partial charge in [0.15, 0.2) is 6.04 Å². The van der Waals surface area contributed by atoms with Crippen molar-refractivity contribution in [2.24, 2.45) is 5.10 Å². The number of thioether (sulfide) groups is 1. The normalized spacial score (nSPS) is 19.6. The number of nitrogens with zero attached hydrogens (tertiary/aromatic N) is 3. The standard InChI is InChI=1S/C25H22FN3O5S2/c1-2-34-24(33)20(12-15-6-4-3-5-7-15)29-22(30)21(36-25(29)35)14-28-19(23(31)32)13-18(27-28)16-8-10-17(26)11-9-16/h3-11,14,19-20H,2,12-13H2,1H3,(H,31,32)/b21-14-/t19-,20+/m0/s1. The molecule has 11 heteroatoms. The topological polar surface area (TPSA) is 99.5 Å². The third-order valence-corrected chi connectivity index (χ3v) is 6.94. The van der Waals surface area contributed by atoms with E-state index in [1.807, 2.05) is 30.3 Å². The third kappa shape index (κ3) is 5.47. The van der Waals surface area contributed by atoms with E-state index in [-0.39, 0.29) is 28.7 Å². The molecule has 0 bridgehead atoms. The molecule has 36 heavy (non-hydrogen) atoms. The molecule has 4 rings (SSSR count). The number of halogens is 1. The van der Waals surface area contributed by atoms with Gasteiger partial charge in [0.25, 0.3) is 5.91 Å². The van der Waals surface area contributed by atoms with Gasteiger partial charge in [0.05, 0.1) is 17.2 Å². The van der Waals surface area contributed by atoms with Crippen molar-refractivity contribution in [1.29, 1.82) is 0 Å². The molecule has 0 saturated carbocycles. The van der Waals surface area contributed by atoms with Gasteiger partial charge in [0.2, 0.25) is 0 Å². The number of carbonyl (C=O) groups excluding carboxylic acids is 2. The summed E-state index contributed by atoms with van der Waals surface area (Å²) in [6, 6.07) is 12.7. The van der Waals surface area contributed by atoms with E-state index in [1.54, 1.807) is 6.92 Å². The molecule has 1 amide bonds. The van der Waals surface area contributed by atoms with Gasteiger partial charge in [-0.1, -0.05) is 66.4 Å². The van der Waals surface area contributed by atoms with E-state index in [1.165, 1.54) is 40.4 Å². The van der Waals surface area contributed by atoms with Gasteiger partial charge in [-0.05, 0) is 30.2 Å². The van der Waals surface area contributed by atoms with Crippen molar-refractivity contribution >= 4 is 51.9 Å². The van der Waals surface area contributed by atoms with E-state index in [9.17, 15) is 23.9 Å². The van der Waals surface area contributed by atoms with Gasteiger partial charge in [0, 0.05) is 19.0 Å². The summed E-state index contributed by atoms with van der Waals surface area (Å²) in [7, 11) is 0. The number of rotatable bonds is 8. The van der Waals surface area contributed by atoms with Crippen LogP contribution in [0.2, 0.25) is 0 Å². The Bertz CT molecular complexity index is 1250. The Labute approximate surface area is 216 Å². The van der Waals surface area contributed by atoms with E-state index in [2.05, 4.69) is 5.10 Å². The first-order valence-electron chi connectivity index (χ1n) is 11.1. The molecule has 2 aromatic carbocycles. The van der Waals surface area contributed by atoms with Crippen LogP contribution in [0.15, 0.2) is 70.8 Å². The summed E-state index contributed by atoms with van der Waals surface area (Å²) in [6.07, 6.45) is 1.60. The zero-order valence-electron chi connectivity index (χ0n) is 19.2. The number of hydrogen-bond donors (Lipinski definition) is 1. The molecule has 2 aromatic rings. The maximum absolute atomic E-state index is 13.4. The molecule has 2 aliphatic rings. The lowest BCUT2D eigenvalue weighted by molar-refractivity contribution is -0.150. The number of carbonyl (C=O) groups is 3. The number of aliphatic carboxylic acids is 1. The molecule has 2 atom stereocenters. The van der Waals surface area contributed by atoms with Gasteiger partial charge in [-0.2, -0.15) is 5.10 Å². The SMILES string of the molecule is CCOC(=O)[C@@H](Cc1ccccc1)N1C(=O)/C(=C/N2N=C(c3ccc(F)cc3)C[C@H]2C(=O)O)SC1=S. The fourth-order valence-corrected chi connectivity index (χ4v) is 5.20. The molecule has 0 radical (unpaired) electrons. The highest BCUT2D eigenvalue weighted by atomic mass is 32.2. The average Bonchev–Trinajstić information content (AvgIpc) is 3.40. The summed E-state index contributed by atoms with van der Waals surface area (Å²) in [5.41, 5.74) is 1.85. The van der Waals surface area contributed by atoms with Crippen molar-refractivity contribution < 1.29 is 28.6 Å². The number of amides is 1. The third-order valence-electron chi connectivity index (χ3n) is 5.62. The average molecular weight is 528 g/mol. The minimum atomic E-state index is -1.13. The molecule has 0 unspecified atom stereocenters. The van der Waals surface area contributed by atoms with Crippen LogP contribution in [0.3, 0.4) is 0 Å². The molecule has 186 valence electrons. The van der Waals surface area contributed by atoms with E-state index < -0.39 is 35.7 Å². The fraction of sp³-hybridized carbons (Fsp3) is 0.240. The van der Waals surface area contributed by atoms with Crippen molar-refractivity contribution in [1.82, 2.24) is 9.91 Å². The van der Waals surface area contributed by atoms with Crippen LogP contribution in [-0.4, -0.2) is 61.6 Å². The minimum Gasteiger partial charge on any atom is -0.480 e. The second-order valence-corrected chi connectivity index (χ2v) is 9.66. The summed E-state index contributed by atoms with van der Waals surface area (Å²) in [6.45, 7) is 1.82. The summed E-state index contributed by atoms with van der Waals surface area (Å²) in [5.74, 6) is -2.66. The Morgan fingerprint density at radius 3 is 2.58 bits per heavy atom. The highest BCUT2D eigenvalue weighted by Gasteiger charge is 2.42. The first-order chi connectivity index (χ1) is 17.3. The molecular formula is C25H22FN3O5S2. The Kier molecular flexibility index (Phi) is 7.80. The Morgan fingerprint density at radius 2 is 1.94 bits per heavy atom. The molecule has 0 aromatic heterocycles.